The van der Waals surface area contributed by atoms with Gasteiger partial charge in [-0.05, 0) is 30.9 Å². The summed E-state index contributed by atoms with van der Waals surface area (Å²) in [6, 6.07) is 0.0134. The van der Waals surface area contributed by atoms with Gasteiger partial charge in [-0.1, -0.05) is 13.8 Å². The van der Waals surface area contributed by atoms with Crippen molar-refractivity contribution in [3.63, 3.8) is 0 Å². The molecule has 0 spiro atoms. The molecular formula is C12H23N3O4. The Morgan fingerprint density at radius 2 is 2.21 bits per heavy atom. The normalized spacial score (nSPS) is 19.4. The van der Waals surface area contributed by atoms with Gasteiger partial charge >= 0.3 is 5.97 Å². The highest BCUT2D eigenvalue weighted by atomic mass is 16.8. The van der Waals surface area contributed by atoms with Gasteiger partial charge in [0.2, 0.25) is 0 Å². The van der Waals surface area contributed by atoms with E-state index < -0.39 is 0 Å². The van der Waals surface area contributed by atoms with E-state index in [0.717, 1.165) is 32.2 Å². The quantitative estimate of drug-likeness (QED) is 0.239. The number of nitrogens with zero attached hydrogens (tertiary/aromatic N) is 3. The third-order valence-electron chi connectivity index (χ3n) is 3.34. The minimum atomic E-state index is -0.269. The predicted octanol–water partition coefficient (Wildman–Crippen LogP) is 1.68. The highest BCUT2D eigenvalue weighted by molar-refractivity contribution is 5.72. The van der Waals surface area contributed by atoms with E-state index in [1.54, 1.807) is 5.01 Å². The number of rotatable bonds is 8. The van der Waals surface area contributed by atoms with Crippen molar-refractivity contribution >= 4 is 5.97 Å². The number of aliphatic hydroxyl groups is 1. The lowest BCUT2D eigenvalue weighted by Gasteiger charge is -2.16. The second kappa shape index (κ2) is 8.68. The maximum atomic E-state index is 11.5. The van der Waals surface area contributed by atoms with E-state index in [1.165, 1.54) is 0 Å². The Balaban J connectivity index is 2.18. The summed E-state index contributed by atoms with van der Waals surface area (Å²) in [5, 5.41) is 18.1. The molecule has 7 nitrogen and oxygen atoms in total. The van der Waals surface area contributed by atoms with Crippen molar-refractivity contribution in [2.24, 2.45) is 16.4 Å². The van der Waals surface area contributed by atoms with Gasteiger partial charge in [0.25, 0.3) is 6.79 Å². The Labute approximate surface area is 113 Å². The monoisotopic (exact) mass is 273 g/mol. The van der Waals surface area contributed by atoms with Crippen LogP contribution in [0, 0.1) is 5.92 Å². The fourth-order valence-corrected chi connectivity index (χ4v) is 2.04. The molecule has 110 valence electrons. The fraction of sp³-hybridized carbons (Fsp3) is 0.917. The van der Waals surface area contributed by atoms with Crippen LogP contribution in [0.3, 0.4) is 0 Å². The van der Waals surface area contributed by atoms with E-state index in [4.69, 9.17) is 14.7 Å². The van der Waals surface area contributed by atoms with Gasteiger partial charge in [0.1, 0.15) is 0 Å². The van der Waals surface area contributed by atoms with Crippen LogP contribution in [0.2, 0.25) is 0 Å². The van der Waals surface area contributed by atoms with Crippen molar-refractivity contribution in [2.45, 2.75) is 45.6 Å². The van der Waals surface area contributed by atoms with Gasteiger partial charge in [0.05, 0.1) is 18.6 Å². The highest BCUT2D eigenvalue weighted by Crippen LogP contribution is 2.16. The van der Waals surface area contributed by atoms with Crippen molar-refractivity contribution in [3.8, 4) is 0 Å². The van der Waals surface area contributed by atoms with Gasteiger partial charge in [-0.15, -0.1) is 0 Å². The van der Waals surface area contributed by atoms with Crippen molar-refractivity contribution in [2.75, 3.05) is 19.9 Å². The predicted molar refractivity (Wildman–Crippen MR) is 67.8 cm³/mol. The summed E-state index contributed by atoms with van der Waals surface area (Å²) in [6.45, 7) is 4.47. The van der Waals surface area contributed by atoms with Crippen LogP contribution in [0.5, 0.6) is 0 Å². The summed E-state index contributed by atoms with van der Waals surface area (Å²) in [5.74, 6) is -0.354. The van der Waals surface area contributed by atoms with Crippen LogP contribution in [0.25, 0.3) is 0 Å². The van der Waals surface area contributed by atoms with Crippen LogP contribution < -0.4 is 0 Å². The number of hydrogen-bond acceptors (Lipinski definition) is 6. The topological polar surface area (TPSA) is 83.7 Å². The third kappa shape index (κ3) is 5.02. The molecule has 1 aliphatic rings. The molecule has 0 aliphatic carbocycles. The Kier molecular flexibility index (Phi) is 7.17. The third-order valence-corrected chi connectivity index (χ3v) is 3.34. The minimum absolute atomic E-state index is 0.0134. The van der Waals surface area contributed by atoms with Crippen LogP contribution in [-0.2, 0) is 14.4 Å². The molecule has 7 heteroatoms. The zero-order valence-corrected chi connectivity index (χ0v) is 11.6. The molecule has 1 atom stereocenters. The molecule has 0 radical (unpaired) electrons. The van der Waals surface area contributed by atoms with Gasteiger partial charge in [-0.2, -0.15) is 0 Å². The number of carbonyl (C=O) groups excluding carboxylic acids is 1. The largest absolute Gasteiger partial charge is 0.425 e. The molecule has 0 aromatic heterocycles. The molecule has 0 bridgehead atoms. The molecule has 0 amide bonds. The van der Waals surface area contributed by atoms with Gasteiger partial charge in [0, 0.05) is 11.8 Å². The second-order valence-electron chi connectivity index (χ2n) is 4.54. The molecule has 0 aromatic rings. The molecule has 1 heterocycles. The van der Waals surface area contributed by atoms with Crippen LogP contribution >= 0.6 is 0 Å². The molecule has 1 fully saturated rings. The zero-order chi connectivity index (χ0) is 14.1. The number of ether oxygens (including phenoxy) is 1. The molecule has 1 aliphatic heterocycles. The van der Waals surface area contributed by atoms with Gasteiger partial charge in [0.15, 0.2) is 0 Å². The first-order valence-electron chi connectivity index (χ1n) is 6.79. The standard InChI is InChI=1S/C12H23N3O4/c1-3-10(4-2)12(17)18-9-19-14-13-15-7-5-6-11(15)8-16/h10-11,16H,3-9H2,1-2H3/b14-13-. The number of hydrogen-bond donors (Lipinski definition) is 1. The van der Waals surface area contributed by atoms with Crippen LogP contribution in [0.4, 0.5) is 0 Å². The second-order valence-corrected chi connectivity index (χ2v) is 4.54. The molecular weight excluding hydrogens is 250 g/mol. The van der Waals surface area contributed by atoms with Gasteiger partial charge in [-0.25, -0.2) is 0 Å². The smallest absolute Gasteiger partial charge is 0.311 e. The first-order valence-corrected chi connectivity index (χ1v) is 6.79. The first-order chi connectivity index (χ1) is 9.22. The number of carbonyl (C=O) groups is 1. The van der Waals surface area contributed by atoms with E-state index in [-0.39, 0.29) is 31.3 Å². The molecule has 1 saturated heterocycles. The summed E-state index contributed by atoms with van der Waals surface area (Å²) in [6.07, 6.45) is 3.39. The Hall–Kier alpha value is -1.37. The summed E-state index contributed by atoms with van der Waals surface area (Å²) in [7, 11) is 0. The summed E-state index contributed by atoms with van der Waals surface area (Å²) < 4.78 is 4.92. The van der Waals surface area contributed by atoms with Crippen LogP contribution in [-0.4, -0.2) is 42.1 Å². The van der Waals surface area contributed by atoms with Gasteiger partial charge in [-0.3, -0.25) is 9.80 Å². The summed E-state index contributed by atoms with van der Waals surface area (Å²) >= 11 is 0. The van der Waals surface area contributed by atoms with Crippen molar-refractivity contribution in [1.82, 2.24) is 5.01 Å². The summed E-state index contributed by atoms with van der Waals surface area (Å²) in [5.41, 5.74) is 0. The molecule has 1 rings (SSSR count). The van der Waals surface area contributed by atoms with Gasteiger partial charge < -0.3 is 14.7 Å². The van der Waals surface area contributed by atoms with Crippen LogP contribution in [0.15, 0.2) is 10.5 Å². The number of esters is 1. The van der Waals surface area contributed by atoms with E-state index in [2.05, 4.69) is 10.5 Å². The molecule has 19 heavy (non-hydrogen) atoms. The SMILES string of the molecule is CCC(CC)C(=O)OCO/N=N\N1CCCC1CO. The number of aliphatic hydroxyl groups excluding tert-OH is 1. The van der Waals surface area contributed by atoms with E-state index in [1.807, 2.05) is 13.8 Å². The molecule has 0 aromatic carbocycles. The van der Waals surface area contributed by atoms with E-state index in [0.29, 0.717) is 0 Å². The average Bonchev–Trinajstić information content (AvgIpc) is 2.87. The lowest BCUT2D eigenvalue weighted by atomic mass is 10.0. The summed E-state index contributed by atoms with van der Waals surface area (Å²) in [4.78, 5) is 16.3. The Morgan fingerprint density at radius 3 is 2.84 bits per heavy atom. The minimum Gasteiger partial charge on any atom is -0.425 e. The van der Waals surface area contributed by atoms with Crippen molar-refractivity contribution < 1.29 is 19.5 Å². The average molecular weight is 273 g/mol. The maximum absolute atomic E-state index is 11.5. The van der Waals surface area contributed by atoms with Crippen molar-refractivity contribution in [1.29, 1.82) is 0 Å². The first kappa shape index (κ1) is 15.7. The van der Waals surface area contributed by atoms with E-state index >= 15 is 0 Å². The molecule has 1 N–H and O–H groups in total. The zero-order valence-electron chi connectivity index (χ0n) is 11.6. The molecule has 1 unspecified atom stereocenters. The fourth-order valence-electron chi connectivity index (χ4n) is 2.04. The maximum Gasteiger partial charge on any atom is 0.311 e. The highest BCUT2D eigenvalue weighted by Gasteiger charge is 2.22. The lowest BCUT2D eigenvalue weighted by Crippen LogP contribution is -2.27. The Bertz CT molecular complexity index is 295. The Morgan fingerprint density at radius 1 is 1.47 bits per heavy atom. The van der Waals surface area contributed by atoms with Crippen molar-refractivity contribution in [3.05, 3.63) is 0 Å². The van der Waals surface area contributed by atoms with E-state index in [9.17, 15) is 4.79 Å². The lowest BCUT2D eigenvalue weighted by molar-refractivity contribution is -0.162. The van der Waals surface area contributed by atoms with Crippen LogP contribution in [0.1, 0.15) is 39.5 Å². The molecule has 0 saturated carbocycles.